The van der Waals surface area contributed by atoms with Gasteiger partial charge in [0.2, 0.25) is 0 Å². The summed E-state index contributed by atoms with van der Waals surface area (Å²) in [6.07, 6.45) is 0. The van der Waals surface area contributed by atoms with Crippen molar-refractivity contribution in [1.82, 2.24) is 0 Å². The molecule has 4 heteroatoms. The fourth-order valence-electron chi connectivity index (χ4n) is 0. The maximum absolute atomic E-state index is 4.17. The molecule has 0 unspecified atom stereocenters. The van der Waals surface area contributed by atoms with Gasteiger partial charge in [-0.15, -0.1) is 0 Å². The van der Waals surface area contributed by atoms with Crippen molar-refractivity contribution in [2.45, 2.75) is 0 Å². The molecule has 0 fully saturated rings. The van der Waals surface area contributed by atoms with E-state index in [9.17, 15) is 0 Å². The normalized spacial score (nSPS) is 1.00. The smallest absolute Gasteiger partial charge is 0 e. The fraction of sp³-hybridized carbons (Fsp3) is 0. The van der Waals surface area contributed by atoms with Gasteiger partial charge in [-0.3, -0.25) is 0 Å². The minimum atomic E-state index is 0. The zero-order valence-corrected chi connectivity index (χ0v) is 10.9. The zero-order valence-electron chi connectivity index (χ0n) is 2.12. The van der Waals surface area contributed by atoms with Gasteiger partial charge in [0.15, 0.2) is 0 Å². The first-order chi connectivity index (χ1) is 1.00. The topological polar surface area (TPSA) is 0 Å². The molecular formula is GeSSnZn. The van der Waals surface area contributed by atoms with Gasteiger partial charge < -0.3 is 0 Å². The van der Waals surface area contributed by atoms with Crippen LogP contribution in [-0.4, -0.2) is 38.2 Å². The van der Waals surface area contributed by atoms with Gasteiger partial charge in [-0.2, -0.15) is 0 Å². The van der Waals surface area contributed by atoms with Crippen molar-refractivity contribution in [3.63, 3.8) is 0 Å². The Labute approximate surface area is 66.1 Å². The van der Waals surface area contributed by atoms with E-state index in [1.54, 1.807) is 0 Å². The standard InChI is InChI=1S/Ge.S.Sn.Zn. The molecule has 0 aliphatic rings. The third kappa shape index (κ3) is 8.89. The molecular weight excluding hydrogens is 289 g/mol. The van der Waals surface area contributed by atoms with Crippen LogP contribution in [0, 0.1) is 0 Å². The molecule has 0 amide bonds. The summed E-state index contributed by atoms with van der Waals surface area (Å²) in [5.74, 6) is 0. The summed E-state index contributed by atoms with van der Waals surface area (Å²) in [6, 6.07) is 0. The SMILES string of the molecule is [Ge].[S]=[Sn].[Zn]. The molecule has 0 aromatic heterocycles. The maximum Gasteiger partial charge on any atom is 0 e. The van der Waals surface area contributed by atoms with Crippen molar-refractivity contribution in [2.24, 2.45) is 0 Å². The molecule has 0 nitrogen and oxygen atoms in total. The average Bonchev–Trinajstić information content (AvgIpc) is 1.00. The maximum atomic E-state index is 4.17. The molecule has 16 valence electrons. The van der Waals surface area contributed by atoms with E-state index in [1.165, 1.54) is 0 Å². The number of hydrogen-bond donors (Lipinski definition) is 0. The molecule has 0 atom stereocenters. The molecule has 0 N–H and O–H groups in total. The van der Waals surface area contributed by atoms with Crippen LogP contribution >= 0.6 is 9.29 Å². The van der Waals surface area contributed by atoms with Gasteiger partial charge in [-0.1, -0.05) is 0 Å². The van der Waals surface area contributed by atoms with Gasteiger partial charge in [0.05, 0.1) is 0 Å². The molecule has 0 aliphatic heterocycles. The molecule has 0 rings (SSSR count). The summed E-state index contributed by atoms with van der Waals surface area (Å²) >= 11 is 1.13. The van der Waals surface area contributed by atoms with Gasteiger partial charge in [-0.05, 0) is 0 Å². The average molecular weight is 289 g/mol. The summed E-state index contributed by atoms with van der Waals surface area (Å²) in [5.41, 5.74) is 0. The van der Waals surface area contributed by atoms with Crippen LogP contribution in [0.2, 0.25) is 0 Å². The first-order valence-electron chi connectivity index (χ1n) is 0.204. The molecule has 0 aromatic rings. The molecule has 0 saturated heterocycles. The van der Waals surface area contributed by atoms with E-state index in [1.807, 2.05) is 0 Å². The van der Waals surface area contributed by atoms with E-state index in [-0.39, 0.29) is 37.1 Å². The predicted octanol–water partition coefficient (Wildman–Crippen LogP) is -0.116. The Morgan fingerprint density at radius 1 is 1.25 bits per heavy atom. The second-order valence-electron chi connectivity index (χ2n) is 0. The molecule has 0 aliphatic carbocycles. The second kappa shape index (κ2) is 19.0. The van der Waals surface area contributed by atoms with Crippen LogP contribution in [0.4, 0.5) is 0 Å². The van der Waals surface area contributed by atoms with Crippen molar-refractivity contribution in [1.29, 1.82) is 0 Å². The Balaban J connectivity index is -0.00000000500. The minimum Gasteiger partial charge on any atom is 0 e. The van der Waals surface area contributed by atoms with Crippen LogP contribution in [0.5, 0.6) is 0 Å². The minimum absolute atomic E-state index is 0. The summed E-state index contributed by atoms with van der Waals surface area (Å²) in [6.45, 7) is 0. The largest absolute Gasteiger partial charge is 0 e. The quantitative estimate of drug-likeness (QED) is 0.560. The Kier molecular flexibility index (Phi) is 77.9. The molecule has 0 heterocycles. The van der Waals surface area contributed by atoms with Crippen molar-refractivity contribution in [2.75, 3.05) is 0 Å². The molecule has 6 radical (unpaired) electrons. The molecule has 0 spiro atoms. The van der Waals surface area contributed by atoms with Crippen molar-refractivity contribution in [3.8, 4) is 0 Å². The second-order valence-corrected chi connectivity index (χ2v) is 0. The van der Waals surface area contributed by atoms with E-state index in [2.05, 4.69) is 9.29 Å². The summed E-state index contributed by atoms with van der Waals surface area (Å²) in [7, 11) is 4.17. The first kappa shape index (κ1) is 16.4. The van der Waals surface area contributed by atoms with Crippen LogP contribution < -0.4 is 0 Å². The third-order valence-electron chi connectivity index (χ3n) is 0. The van der Waals surface area contributed by atoms with Gasteiger partial charge in [0, 0.05) is 37.1 Å². The van der Waals surface area contributed by atoms with Crippen LogP contribution in [0.3, 0.4) is 0 Å². The number of hydrogen-bond acceptors (Lipinski definition) is 1. The zero-order chi connectivity index (χ0) is 2.00. The van der Waals surface area contributed by atoms with E-state index in [0.717, 1.165) is 20.6 Å². The third-order valence-corrected chi connectivity index (χ3v) is 0. The van der Waals surface area contributed by atoms with Crippen molar-refractivity contribution in [3.05, 3.63) is 0 Å². The Bertz CT molecular complexity index is 8.00. The van der Waals surface area contributed by atoms with E-state index in [0.29, 0.717) is 0 Å². The van der Waals surface area contributed by atoms with Crippen LogP contribution in [0.1, 0.15) is 0 Å². The molecule has 4 heavy (non-hydrogen) atoms. The predicted molar refractivity (Wildman–Crippen MR) is 19.1 cm³/mol. The van der Waals surface area contributed by atoms with Crippen LogP contribution in [-0.2, 0) is 19.5 Å². The Morgan fingerprint density at radius 3 is 1.25 bits per heavy atom. The van der Waals surface area contributed by atoms with Crippen LogP contribution in [0.25, 0.3) is 0 Å². The van der Waals surface area contributed by atoms with E-state index >= 15 is 0 Å². The Morgan fingerprint density at radius 2 is 1.25 bits per heavy atom. The summed E-state index contributed by atoms with van der Waals surface area (Å²) in [5, 5.41) is 0. The monoisotopic (exact) mass is 290 g/mol. The van der Waals surface area contributed by atoms with Gasteiger partial charge in [0.25, 0.3) is 0 Å². The summed E-state index contributed by atoms with van der Waals surface area (Å²) < 4.78 is 0. The van der Waals surface area contributed by atoms with Crippen molar-refractivity contribution >= 4 is 47.5 Å². The van der Waals surface area contributed by atoms with Crippen LogP contribution in [0.15, 0.2) is 0 Å². The first-order valence-corrected chi connectivity index (χ1v) is 4.11. The van der Waals surface area contributed by atoms with E-state index in [4.69, 9.17) is 0 Å². The fourth-order valence-corrected chi connectivity index (χ4v) is 0. The van der Waals surface area contributed by atoms with Gasteiger partial charge >= 0.3 is 29.9 Å². The Hall–Kier alpha value is 2.18. The summed E-state index contributed by atoms with van der Waals surface area (Å²) in [4.78, 5) is 0. The number of rotatable bonds is 0. The molecule has 0 bridgehead atoms. The van der Waals surface area contributed by atoms with E-state index < -0.39 is 0 Å². The molecule has 0 saturated carbocycles. The molecule has 0 aromatic carbocycles. The van der Waals surface area contributed by atoms with Gasteiger partial charge in [-0.25, -0.2) is 0 Å². The van der Waals surface area contributed by atoms with Crippen molar-refractivity contribution < 1.29 is 19.5 Å². The van der Waals surface area contributed by atoms with Gasteiger partial charge in [0.1, 0.15) is 0 Å².